The summed E-state index contributed by atoms with van der Waals surface area (Å²) >= 11 is 0. The van der Waals surface area contributed by atoms with Crippen molar-refractivity contribution >= 4 is 34.2 Å². The van der Waals surface area contributed by atoms with Crippen molar-refractivity contribution in [3.05, 3.63) is 0 Å². The van der Waals surface area contributed by atoms with Crippen LogP contribution in [-0.2, 0) is 16.5 Å². The SMILES string of the molecule is C[Si]1(CCCN)O[Si](C)(CCCN)O[Si](C)(CCCN)O[Si](C)(CCCN)O1. The van der Waals surface area contributed by atoms with Gasteiger partial charge in [-0.15, -0.1) is 0 Å². The minimum Gasteiger partial charge on any atom is -0.416 e. The van der Waals surface area contributed by atoms with Crippen molar-refractivity contribution in [1.82, 2.24) is 0 Å². The summed E-state index contributed by atoms with van der Waals surface area (Å²) in [5.41, 5.74) is 23.2. The molecule has 0 unspecified atom stereocenters. The van der Waals surface area contributed by atoms with Crippen molar-refractivity contribution in [2.24, 2.45) is 22.9 Å². The molecule has 8 N–H and O–H groups in total. The maximum atomic E-state index is 6.87. The second-order valence-corrected chi connectivity index (χ2v) is 22.8. The molecule has 0 aromatic heterocycles. The molecule has 0 bridgehead atoms. The lowest BCUT2D eigenvalue weighted by atomic mass is 10.5. The Morgan fingerprint density at radius 2 is 0.607 bits per heavy atom. The van der Waals surface area contributed by atoms with Crippen LogP contribution in [0.15, 0.2) is 0 Å². The van der Waals surface area contributed by atoms with Crippen LogP contribution in [0.25, 0.3) is 0 Å². The van der Waals surface area contributed by atoms with Gasteiger partial charge in [-0.05, 0) is 102 Å². The van der Waals surface area contributed by atoms with Crippen LogP contribution in [-0.4, -0.2) is 60.4 Å². The Hall–Kier alpha value is 0.548. The van der Waals surface area contributed by atoms with Gasteiger partial charge >= 0.3 is 34.2 Å². The van der Waals surface area contributed by atoms with E-state index in [1.54, 1.807) is 0 Å². The fourth-order valence-electron chi connectivity index (χ4n) is 4.01. The summed E-state index contributed by atoms with van der Waals surface area (Å²) in [6.45, 7) is 11.1. The molecular weight excluding hydrogens is 425 g/mol. The number of hydrogen-bond acceptors (Lipinski definition) is 8. The van der Waals surface area contributed by atoms with Gasteiger partial charge in [0.05, 0.1) is 0 Å². The third-order valence-electron chi connectivity index (χ3n) is 5.07. The highest BCUT2D eigenvalue weighted by Crippen LogP contribution is 2.38. The topological polar surface area (TPSA) is 141 Å². The molecule has 1 saturated heterocycles. The van der Waals surface area contributed by atoms with E-state index in [0.717, 1.165) is 49.9 Å². The Labute approximate surface area is 176 Å². The molecule has 168 valence electrons. The molecule has 12 heteroatoms. The lowest BCUT2D eigenvalue weighted by Gasteiger charge is -2.50. The maximum absolute atomic E-state index is 6.87. The first-order valence-electron chi connectivity index (χ1n) is 10.7. The highest BCUT2D eigenvalue weighted by molar-refractivity contribution is 6.93. The Kier molecular flexibility index (Phi) is 11.2. The van der Waals surface area contributed by atoms with Gasteiger partial charge in [0.25, 0.3) is 0 Å². The summed E-state index contributed by atoms with van der Waals surface area (Å²) in [5.74, 6) is 0. The fraction of sp³-hybridized carbons (Fsp3) is 1.00. The Morgan fingerprint density at radius 1 is 0.429 bits per heavy atom. The highest BCUT2D eigenvalue weighted by Gasteiger charge is 2.56. The smallest absolute Gasteiger partial charge is 0.317 e. The molecule has 0 atom stereocenters. The molecule has 1 heterocycles. The van der Waals surface area contributed by atoms with E-state index in [0.29, 0.717) is 26.2 Å². The average Bonchev–Trinajstić information content (AvgIpc) is 2.60. The average molecular weight is 469 g/mol. The van der Waals surface area contributed by atoms with Crippen LogP contribution in [0.2, 0.25) is 50.4 Å². The predicted octanol–water partition coefficient (Wildman–Crippen LogP) is 1.75. The van der Waals surface area contributed by atoms with Crippen molar-refractivity contribution in [2.75, 3.05) is 26.2 Å². The normalized spacial score (nSPS) is 36.9. The summed E-state index contributed by atoms with van der Waals surface area (Å²) in [6.07, 6.45) is 3.53. The molecule has 0 spiro atoms. The van der Waals surface area contributed by atoms with Gasteiger partial charge in [0.2, 0.25) is 0 Å². The Bertz CT molecular complexity index is 376. The summed E-state index contributed by atoms with van der Waals surface area (Å²) in [4.78, 5) is 0. The lowest BCUT2D eigenvalue weighted by Crippen LogP contribution is -2.67. The summed E-state index contributed by atoms with van der Waals surface area (Å²) < 4.78 is 27.5. The van der Waals surface area contributed by atoms with Gasteiger partial charge in [-0.3, -0.25) is 0 Å². The van der Waals surface area contributed by atoms with Gasteiger partial charge < -0.3 is 39.4 Å². The molecule has 0 saturated carbocycles. The van der Waals surface area contributed by atoms with E-state index >= 15 is 0 Å². The quantitative estimate of drug-likeness (QED) is 0.317. The van der Waals surface area contributed by atoms with Gasteiger partial charge in [-0.2, -0.15) is 0 Å². The Morgan fingerprint density at radius 3 is 0.750 bits per heavy atom. The predicted molar refractivity (Wildman–Crippen MR) is 125 cm³/mol. The molecule has 0 aromatic carbocycles. The van der Waals surface area contributed by atoms with Crippen LogP contribution in [0.3, 0.4) is 0 Å². The minimum absolute atomic E-state index is 0.627. The standard InChI is InChI=1S/C16H44N4O4Si4/c1-25(13-5-9-17)21-26(2,14-6-10-18)23-28(4,16-8-12-20)24-27(3,22-25)15-7-11-19/h5-20H2,1-4H3. The minimum atomic E-state index is -2.50. The van der Waals surface area contributed by atoms with Crippen molar-refractivity contribution in [3.63, 3.8) is 0 Å². The fourth-order valence-corrected chi connectivity index (χ4v) is 27.4. The van der Waals surface area contributed by atoms with Crippen LogP contribution >= 0.6 is 0 Å². The van der Waals surface area contributed by atoms with Crippen molar-refractivity contribution in [2.45, 2.75) is 76.0 Å². The number of nitrogens with two attached hydrogens (primary N) is 4. The van der Waals surface area contributed by atoms with E-state index in [2.05, 4.69) is 26.2 Å². The zero-order chi connectivity index (χ0) is 21.3. The van der Waals surface area contributed by atoms with E-state index < -0.39 is 34.2 Å². The van der Waals surface area contributed by atoms with Gasteiger partial charge in [0, 0.05) is 0 Å². The zero-order valence-corrected chi connectivity index (χ0v) is 22.4. The molecule has 0 aromatic rings. The molecule has 28 heavy (non-hydrogen) atoms. The van der Waals surface area contributed by atoms with Crippen LogP contribution in [0.1, 0.15) is 25.7 Å². The van der Waals surface area contributed by atoms with Gasteiger partial charge in [-0.1, -0.05) is 0 Å². The Balaban J connectivity index is 3.24. The van der Waals surface area contributed by atoms with Crippen LogP contribution < -0.4 is 22.9 Å². The second kappa shape index (κ2) is 11.8. The molecule has 1 aliphatic heterocycles. The maximum Gasteiger partial charge on any atom is 0.317 e. The van der Waals surface area contributed by atoms with Gasteiger partial charge in [0.15, 0.2) is 0 Å². The molecule has 0 radical (unpaired) electrons. The van der Waals surface area contributed by atoms with E-state index in [-0.39, 0.29) is 0 Å². The molecule has 0 aliphatic carbocycles. The van der Waals surface area contributed by atoms with Crippen molar-refractivity contribution < 1.29 is 16.5 Å². The van der Waals surface area contributed by atoms with Gasteiger partial charge in [0.1, 0.15) is 0 Å². The molecular formula is C16H44N4O4Si4. The van der Waals surface area contributed by atoms with Crippen molar-refractivity contribution in [1.29, 1.82) is 0 Å². The van der Waals surface area contributed by atoms with Crippen molar-refractivity contribution in [3.8, 4) is 0 Å². The van der Waals surface area contributed by atoms with E-state index in [9.17, 15) is 0 Å². The summed E-state index contributed by atoms with van der Waals surface area (Å²) in [7, 11) is -9.98. The monoisotopic (exact) mass is 468 g/mol. The summed E-state index contributed by atoms with van der Waals surface area (Å²) in [5, 5.41) is 0. The molecule has 1 fully saturated rings. The second-order valence-electron chi connectivity index (χ2n) is 8.51. The molecule has 1 rings (SSSR count). The molecule has 8 nitrogen and oxygen atoms in total. The lowest BCUT2D eigenvalue weighted by molar-refractivity contribution is 0.221. The highest BCUT2D eigenvalue weighted by atomic mass is 28.5. The van der Waals surface area contributed by atoms with Crippen LogP contribution in [0.4, 0.5) is 0 Å². The third-order valence-corrected chi connectivity index (χ3v) is 23.9. The first-order valence-corrected chi connectivity index (χ1v) is 20.8. The van der Waals surface area contributed by atoms with Gasteiger partial charge in [-0.25, -0.2) is 0 Å². The summed E-state index contributed by atoms with van der Waals surface area (Å²) in [6, 6.07) is 3.42. The molecule has 1 aliphatic rings. The van der Waals surface area contributed by atoms with E-state index in [1.807, 2.05) is 0 Å². The number of hydrogen-bond donors (Lipinski definition) is 4. The zero-order valence-electron chi connectivity index (χ0n) is 18.4. The van der Waals surface area contributed by atoms with Crippen LogP contribution in [0, 0.1) is 0 Å². The van der Waals surface area contributed by atoms with E-state index in [1.165, 1.54) is 0 Å². The third kappa shape index (κ3) is 8.73. The van der Waals surface area contributed by atoms with E-state index in [4.69, 9.17) is 39.4 Å². The molecule has 0 amide bonds. The first-order chi connectivity index (χ1) is 13.1. The van der Waals surface area contributed by atoms with Crippen LogP contribution in [0.5, 0.6) is 0 Å². The largest absolute Gasteiger partial charge is 0.416 e. The first kappa shape index (κ1) is 26.6. The number of rotatable bonds is 12.